The maximum Gasteiger partial charge on any atom is 0.170 e. The van der Waals surface area contributed by atoms with Crippen LogP contribution in [0.4, 0.5) is 0 Å². The van der Waals surface area contributed by atoms with E-state index in [2.05, 4.69) is 79.3 Å². The van der Waals surface area contributed by atoms with Gasteiger partial charge in [0.25, 0.3) is 0 Å². The fourth-order valence-corrected chi connectivity index (χ4v) is 5.73. The lowest BCUT2D eigenvalue weighted by molar-refractivity contribution is 0.318. The van der Waals surface area contributed by atoms with Crippen LogP contribution in [-0.2, 0) is 6.54 Å². The smallest absolute Gasteiger partial charge is 0.170 e. The number of nitrogens with zero attached hydrogens (tertiary/aromatic N) is 3. The number of amidine groups is 2. The lowest BCUT2D eigenvalue weighted by atomic mass is 9.98. The summed E-state index contributed by atoms with van der Waals surface area (Å²) in [5.41, 5.74) is 20.4. The van der Waals surface area contributed by atoms with Crippen LogP contribution >= 0.6 is 15.9 Å². The first-order valence-corrected chi connectivity index (χ1v) is 13.7. The largest absolute Gasteiger partial charge is 0.409 e. The fourth-order valence-electron chi connectivity index (χ4n) is 5.28. The third-order valence-electron chi connectivity index (χ3n) is 7.29. The minimum atomic E-state index is 0.0669. The Labute approximate surface area is 244 Å². The molecule has 5 aromatic carbocycles. The second kappa shape index (κ2) is 10.8. The topological polar surface area (TPSA) is 122 Å². The number of hydrogen-bond donors (Lipinski definition) is 4. The number of hydrogen-bond acceptors (Lipinski definition) is 4. The molecule has 0 fully saturated rings. The van der Waals surface area contributed by atoms with Gasteiger partial charge in [0, 0.05) is 44.0 Å². The highest BCUT2D eigenvalue weighted by Gasteiger charge is 2.15. The van der Waals surface area contributed by atoms with E-state index in [0.717, 1.165) is 48.5 Å². The molecule has 0 bridgehead atoms. The number of aromatic nitrogens is 1. The van der Waals surface area contributed by atoms with Crippen LogP contribution < -0.4 is 11.5 Å². The van der Waals surface area contributed by atoms with Crippen molar-refractivity contribution in [3.05, 3.63) is 130 Å². The van der Waals surface area contributed by atoms with Crippen LogP contribution in [0.25, 0.3) is 44.1 Å². The molecule has 6 rings (SSSR count). The van der Waals surface area contributed by atoms with Crippen molar-refractivity contribution < 1.29 is 10.4 Å². The van der Waals surface area contributed by atoms with E-state index in [0.29, 0.717) is 17.7 Å². The van der Waals surface area contributed by atoms with Crippen molar-refractivity contribution in [2.24, 2.45) is 21.8 Å². The normalized spacial score (nSPS) is 12.3. The van der Waals surface area contributed by atoms with Crippen LogP contribution in [0.1, 0.15) is 16.7 Å². The van der Waals surface area contributed by atoms with E-state index in [9.17, 15) is 0 Å². The van der Waals surface area contributed by atoms with Gasteiger partial charge < -0.3 is 26.4 Å². The Bertz CT molecular complexity index is 1870. The molecule has 0 spiro atoms. The summed E-state index contributed by atoms with van der Waals surface area (Å²) in [6.45, 7) is 0.704. The Morgan fingerprint density at radius 2 is 1.10 bits per heavy atom. The third-order valence-corrected chi connectivity index (χ3v) is 7.79. The highest BCUT2D eigenvalue weighted by molar-refractivity contribution is 9.10. The second-order valence-electron chi connectivity index (χ2n) is 9.81. The molecule has 0 aliphatic heterocycles. The zero-order valence-corrected chi connectivity index (χ0v) is 23.5. The van der Waals surface area contributed by atoms with Crippen LogP contribution in [0, 0.1) is 0 Å². The minimum Gasteiger partial charge on any atom is -0.409 e. The molecule has 41 heavy (non-hydrogen) atoms. The van der Waals surface area contributed by atoms with E-state index in [1.807, 2.05) is 60.7 Å². The van der Waals surface area contributed by atoms with E-state index in [1.54, 1.807) is 0 Å². The Morgan fingerprint density at radius 1 is 0.610 bits per heavy atom. The zero-order valence-electron chi connectivity index (χ0n) is 21.9. The summed E-state index contributed by atoms with van der Waals surface area (Å²) in [5, 5.41) is 26.8. The van der Waals surface area contributed by atoms with Crippen molar-refractivity contribution in [3.8, 4) is 22.3 Å². The predicted octanol–water partition coefficient (Wildman–Crippen LogP) is 7.13. The number of oxime groups is 2. The summed E-state index contributed by atoms with van der Waals surface area (Å²) in [6.07, 6.45) is 0. The van der Waals surface area contributed by atoms with Gasteiger partial charge in [-0.2, -0.15) is 0 Å². The predicted molar refractivity (Wildman–Crippen MR) is 169 cm³/mol. The standard InChI is InChI=1S/C33H26BrN5O2/c34-27-9-1-4-20(14-27)19-39-30-12-10-23(21-5-2-7-25(15-21)32(35)37-40)17-28(30)29-18-24(11-13-31(29)39)22-6-3-8-26(16-22)33(36)38-41/h1-18,40-41H,19H2,(H2,35,37)(H2,36,38). The van der Waals surface area contributed by atoms with Gasteiger partial charge in [-0.1, -0.05) is 86.9 Å². The average molecular weight is 605 g/mol. The Balaban J connectivity index is 1.56. The van der Waals surface area contributed by atoms with E-state index in [4.69, 9.17) is 21.9 Å². The molecular weight excluding hydrogens is 578 g/mol. The van der Waals surface area contributed by atoms with Crippen molar-refractivity contribution in [1.29, 1.82) is 0 Å². The second-order valence-corrected chi connectivity index (χ2v) is 10.7. The Morgan fingerprint density at radius 3 is 1.59 bits per heavy atom. The van der Waals surface area contributed by atoms with E-state index < -0.39 is 0 Å². The first-order valence-electron chi connectivity index (χ1n) is 12.9. The number of nitrogens with two attached hydrogens (primary N) is 2. The van der Waals surface area contributed by atoms with Crippen LogP contribution in [0.3, 0.4) is 0 Å². The Kier molecular flexibility index (Phi) is 6.91. The molecule has 202 valence electrons. The number of rotatable bonds is 6. The fraction of sp³-hybridized carbons (Fsp3) is 0.0303. The van der Waals surface area contributed by atoms with Gasteiger partial charge in [-0.05, 0) is 76.3 Å². The summed E-state index contributed by atoms with van der Waals surface area (Å²) in [5.74, 6) is 0.134. The van der Waals surface area contributed by atoms with Gasteiger partial charge in [0.1, 0.15) is 0 Å². The molecule has 1 heterocycles. The molecular formula is C33H26BrN5O2. The van der Waals surface area contributed by atoms with Crippen molar-refractivity contribution in [3.63, 3.8) is 0 Å². The average Bonchev–Trinajstić information content (AvgIpc) is 3.32. The summed E-state index contributed by atoms with van der Waals surface area (Å²) in [4.78, 5) is 0. The quantitative estimate of drug-likeness (QED) is 0.0699. The lowest BCUT2D eigenvalue weighted by Crippen LogP contribution is -2.12. The summed E-state index contributed by atoms with van der Waals surface area (Å²) in [7, 11) is 0. The minimum absolute atomic E-state index is 0.0669. The maximum atomic E-state index is 9.16. The highest BCUT2D eigenvalue weighted by Crippen LogP contribution is 2.36. The van der Waals surface area contributed by atoms with Gasteiger partial charge in [0.15, 0.2) is 11.7 Å². The van der Waals surface area contributed by atoms with E-state index in [1.165, 1.54) is 5.56 Å². The van der Waals surface area contributed by atoms with Crippen molar-refractivity contribution in [2.75, 3.05) is 0 Å². The van der Waals surface area contributed by atoms with Gasteiger partial charge in [-0.3, -0.25) is 0 Å². The highest BCUT2D eigenvalue weighted by atomic mass is 79.9. The molecule has 1 aromatic heterocycles. The van der Waals surface area contributed by atoms with Crippen LogP contribution in [0.15, 0.2) is 124 Å². The molecule has 8 heteroatoms. The van der Waals surface area contributed by atoms with E-state index >= 15 is 0 Å². The van der Waals surface area contributed by atoms with Crippen molar-refractivity contribution in [2.45, 2.75) is 6.54 Å². The molecule has 0 unspecified atom stereocenters. The molecule has 0 saturated heterocycles. The summed E-state index contributed by atoms with van der Waals surface area (Å²) >= 11 is 3.60. The molecule has 0 amide bonds. The monoisotopic (exact) mass is 603 g/mol. The molecule has 6 aromatic rings. The van der Waals surface area contributed by atoms with Crippen LogP contribution in [0.2, 0.25) is 0 Å². The number of fused-ring (bicyclic) bond motifs is 3. The lowest BCUT2D eigenvalue weighted by Gasteiger charge is -2.10. The van der Waals surface area contributed by atoms with Crippen LogP contribution in [0.5, 0.6) is 0 Å². The van der Waals surface area contributed by atoms with Gasteiger partial charge in [-0.25, -0.2) is 0 Å². The molecule has 0 aliphatic carbocycles. The molecule has 0 saturated carbocycles. The van der Waals surface area contributed by atoms with Crippen molar-refractivity contribution in [1.82, 2.24) is 4.57 Å². The molecule has 0 atom stereocenters. The van der Waals surface area contributed by atoms with Crippen molar-refractivity contribution >= 4 is 49.4 Å². The SMILES string of the molecule is N/C(=N\O)c1cccc(-c2ccc3c(c2)c2cc(-c4cccc(/C(N)=N/O)c4)ccc2n3Cc2cccc(Br)c2)c1. The van der Waals surface area contributed by atoms with Gasteiger partial charge in [0.05, 0.1) is 0 Å². The third kappa shape index (κ3) is 5.01. The molecule has 0 aliphatic rings. The van der Waals surface area contributed by atoms with Gasteiger partial charge in [-0.15, -0.1) is 0 Å². The molecule has 0 radical (unpaired) electrons. The molecule has 7 nitrogen and oxygen atoms in total. The Hall–Kier alpha value is -5.08. The number of benzene rings is 5. The maximum absolute atomic E-state index is 9.16. The van der Waals surface area contributed by atoms with Crippen LogP contribution in [-0.4, -0.2) is 26.7 Å². The first-order chi connectivity index (χ1) is 19.9. The summed E-state index contributed by atoms with van der Waals surface area (Å²) < 4.78 is 3.37. The van der Waals surface area contributed by atoms with E-state index in [-0.39, 0.29) is 11.7 Å². The van der Waals surface area contributed by atoms with Gasteiger partial charge >= 0.3 is 0 Å². The first kappa shape index (κ1) is 26.2. The zero-order chi connectivity index (χ0) is 28.5. The molecule has 6 N–H and O–H groups in total. The summed E-state index contributed by atoms with van der Waals surface area (Å²) in [6, 6.07) is 36.5. The number of halogens is 1. The van der Waals surface area contributed by atoms with Gasteiger partial charge in [0.2, 0.25) is 0 Å².